The number of methoxy groups -OCH3 is 2. The predicted molar refractivity (Wildman–Crippen MR) is 226 cm³/mol. The van der Waals surface area contributed by atoms with Crippen molar-refractivity contribution in [1.29, 1.82) is 0 Å². The molecule has 1 amide bonds. The third kappa shape index (κ3) is 15.8. The van der Waals surface area contributed by atoms with Gasteiger partial charge in [-0.2, -0.15) is 0 Å². The average molecular weight is 891 g/mol. The number of rotatable bonds is 33. The lowest BCUT2D eigenvalue weighted by molar-refractivity contribution is -0.138. The molecule has 0 radical (unpaired) electrons. The molecule has 3 aliphatic rings. The lowest BCUT2D eigenvalue weighted by Gasteiger charge is -2.39. The van der Waals surface area contributed by atoms with Crippen LogP contribution < -0.4 is 29.0 Å². The Hall–Kier alpha value is -4.73. The van der Waals surface area contributed by atoms with Crippen molar-refractivity contribution in [3.8, 4) is 28.7 Å². The van der Waals surface area contributed by atoms with Gasteiger partial charge in [-0.05, 0) is 30.7 Å². The van der Waals surface area contributed by atoms with Crippen molar-refractivity contribution in [1.82, 2.24) is 5.32 Å². The van der Waals surface area contributed by atoms with E-state index in [-0.39, 0.29) is 50.7 Å². The van der Waals surface area contributed by atoms with Crippen LogP contribution in [0.5, 0.6) is 28.7 Å². The SMILES string of the molecule is C=C(C)[C@H]1Cc2c(ccc3c2O[C@@H]2COc4cc(OC)c(OC)cc4[C@@H]2/C3=N/OCC(=O)NCCOCCOCCOCCOCCOCCOCCOCCOCCC(=O)O)O1. The molecule has 0 saturated carbocycles. The Morgan fingerprint density at radius 2 is 1.29 bits per heavy atom. The number of carboxylic acids is 1. The summed E-state index contributed by atoms with van der Waals surface area (Å²) in [7, 11) is 3.14. The molecule has 350 valence electrons. The molecule has 19 heteroatoms. The van der Waals surface area contributed by atoms with Gasteiger partial charge in [-0.3, -0.25) is 9.59 Å². The van der Waals surface area contributed by atoms with Crippen molar-refractivity contribution >= 4 is 17.6 Å². The van der Waals surface area contributed by atoms with Crippen LogP contribution in [-0.4, -0.2) is 175 Å². The molecule has 0 spiro atoms. The molecule has 0 aromatic heterocycles. The first kappa shape index (κ1) is 49.3. The second-order valence-electron chi connectivity index (χ2n) is 14.4. The Balaban J connectivity index is 0.898. The van der Waals surface area contributed by atoms with Crippen molar-refractivity contribution < 1.29 is 81.1 Å². The number of benzene rings is 2. The van der Waals surface area contributed by atoms with E-state index in [1.54, 1.807) is 20.3 Å². The van der Waals surface area contributed by atoms with E-state index < -0.39 is 12.1 Å². The van der Waals surface area contributed by atoms with Crippen LogP contribution in [0.15, 0.2) is 41.6 Å². The van der Waals surface area contributed by atoms with E-state index in [2.05, 4.69) is 17.1 Å². The molecule has 63 heavy (non-hydrogen) atoms. The van der Waals surface area contributed by atoms with Crippen molar-refractivity contribution in [2.45, 2.75) is 37.9 Å². The third-order valence-corrected chi connectivity index (χ3v) is 9.88. The number of nitrogens with one attached hydrogen (secondary N) is 1. The molecule has 0 aliphatic carbocycles. The molecule has 0 saturated heterocycles. The molecule has 2 aromatic carbocycles. The number of carbonyl (C=O) groups excluding carboxylic acids is 1. The zero-order chi connectivity index (χ0) is 44.7. The van der Waals surface area contributed by atoms with E-state index in [1.165, 1.54) is 0 Å². The van der Waals surface area contributed by atoms with Gasteiger partial charge >= 0.3 is 5.97 Å². The highest BCUT2D eigenvalue weighted by Crippen LogP contribution is 2.50. The summed E-state index contributed by atoms with van der Waals surface area (Å²) in [5.41, 5.74) is 4.00. The van der Waals surface area contributed by atoms with E-state index in [0.29, 0.717) is 134 Å². The van der Waals surface area contributed by atoms with Crippen LogP contribution >= 0.6 is 0 Å². The van der Waals surface area contributed by atoms with E-state index in [4.69, 9.17) is 71.5 Å². The summed E-state index contributed by atoms with van der Waals surface area (Å²) in [6, 6.07) is 7.47. The summed E-state index contributed by atoms with van der Waals surface area (Å²) in [4.78, 5) is 28.8. The molecule has 3 heterocycles. The van der Waals surface area contributed by atoms with Gasteiger partial charge in [-0.25, -0.2) is 0 Å². The third-order valence-electron chi connectivity index (χ3n) is 9.88. The molecule has 0 bridgehead atoms. The second-order valence-corrected chi connectivity index (χ2v) is 14.4. The Bertz CT molecular complexity index is 1770. The maximum Gasteiger partial charge on any atom is 0.305 e. The number of hydrogen-bond acceptors (Lipinski definition) is 17. The first-order valence-electron chi connectivity index (χ1n) is 21.1. The zero-order valence-corrected chi connectivity index (χ0v) is 36.5. The summed E-state index contributed by atoms with van der Waals surface area (Å²) >= 11 is 0. The minimum Gasteiger partial charge on any atom is -0.493 e. The number of carbonyl (C=O) groups is 2. The first-order valence-corrected chi connectivity index (χ1v) is 21.1. The number of hydrogen-bond donors (Lipinski definition) is 2. The fourth-order valence-corrected chi connectivity index (χ4v) is 6.74. The van der Waals surface area contributed by atoms with Gasteiger partial charge in [0.2, 0.25) is 0 Å². The topological polar surface area (TPSA) is 208 Å². The van der Waals surface area contributed by atoms with Crippen LogP contribution in [0.3, 0.4) is 0 Å². The number of oxime groups is 1. The van der Waals surface area contributed by atoms with Crippen molar-refractivity contribution in [3.05, 3.63) is 53.1 Å². The number of ether oxygens (including phenoxy) is 13. The second kappa shape index (κ2) is 27.5. The van der Waals surface area contributed by atoms with Crippen LogP contribution in [-0.2, 0) is 58.7 Å². The molecule has 5 rings (SSSR count). The minimum atomic E-state index is -0.885. The monoisotopic (exact) mass is 890 g/mol. The van der Waals surface area contributed by atoms with Crippen LogP contribution in [0.4, 0.5) is 0 Å². The molecule has 0 fully saturated rings. The number of fused-ring (bicyclic) bond motifs is 6. The van der Waals surface area contributed by atoms with Gasteiger partial charge in [0.05, 0.1) is 132 Å². The van der Waals surface area contributed by atoms with Gasteiger partial charge in [-0.1, -0.05) is 11.7 Å². The van der Waals surface area contributed by atoms with Crippen LogP contribution in [0.1, 0.15) is 36.0 Å². The van der Waals surface area contributed by atoms with E-state index >= 15 is 0 Å². The Morgan fingerprint density at radius 1 is 0.746 bits per heavy atom. The molecule has 2 N–H and O–H groups in total. The Labute approximate surface area is 368 Å². The van der Waals surface area contributed by atoms with Crippen LogP contribution in [0.25, 0.3) is 0 Å². The Kier molecular flexibility index (Phi) is 21.5. The van der Waals surface area contributed by atoms with Gasteiger partial charge < -0.3 is 76.8 Å². The Morgan fingerprint density at radius 3 is 1.83 bits per heavy atom. The maximum absolute atomic E-state index is 12.7. The van der Waals surface area contributed by atoms with E-state index in [9.17, 15) is 9.59 Å². The minimum absolute atomic E-state index is 0.0162. The summed E-state index contributed by atoms with van der Waals surface area (Å²) in [6.45, 7) is 12.6. The fraction of sp³-hybridized carbons (Fsp3) is 0.614. The van der Waals surface area contributed by atoms with Gasteiger partial charge in [0.15, 0.2) is 18.1 Å². The summed E-state index contributed by atoms with van der Waals surface area (Å²) in [5.74, 6) is 1.47. The average Bonchev–Trinajstić information content (AvgIpc) is 3.73. The van der Waals surface area contributed by atoms with Gasteiger partial charge in [0, 0.05) is 35.7 Å². The summed E-state index contributed by atoms with van der Waals surface area (Å²) in [6.07, 6.45) is 0.00498. The molecular weight excluding hydrogens is 828 g/mol. The van der Waals surface area contributed by atoms with Crippen LogP contribution in [0, 0.1) is 0 Å². The number of amides is 1. The number of carboxylic acid groups (broad SMARTS) is 1. The zero-order valence-electron chi connectivity index (χ0n) is 36.5. The molecule has 19 nitrogen and oxygen atoms in total. The van der Waals surface area contributed by atoms with Crippen molar-refractivity contribution in [3.63, 3.8) is 0 Å². The summed E-state index contributed by atoms with van der Waals surface area (Å²) < 4.78 is 73.6. The highest BCUT2D eigenvalue weighted by atomic mass is 16.6. The number of aliphatic carboxylic acids is 1. The largest absolute Gasteiger partial charge is 0.493 e. The van der Waals surface area contributed by atoms with E-state index in [1.807, 2.05) is 25.1 Å². The predicted octanol–water partition coefficient (Wildman–Crippen LogP) is 2.97. The van der Waals surface area contributed by atoms with Gasteiger partial charge in [0.1, 0.15) is 41.8 Å². The highest BCUT2D eigenvalue weighted by molar-refractivity contribution is 6.09. The van der Waals surface area contributed by atoms with Crippen LogP contribution in [0.2, 0.25) is 0 Å². The fourth-order valence-electron chi connectivity index (χ4n) is 6.74. The smallest absolute Gasteiger partial charge is 0.305 e. The highest BCUT2D eigenvalue weighted by Gasteiger charge is 2.45. The molecule has 3 aliphatic heterocycles. The molecule has 3 atom stereocenters. The lowest BCUT2D eigenvalue weighted by Crippen LogP contribution is -2.43. The van der Waals surface area contributed by atoms with E-state index in [0.717, 1.165) is 28.0 Å². The van der Waals surface area contributed by atoms with Gasteiger partial charge in [0.25, 0.3) is 5.91 Å². The standard InChI is InChI=1S/C44H62N2O17/c1-30(2)35-26-33-34(62-35)6-5-31-43(42-32-25-37(50-3)38(51-4)27-36(32)60-28-39(42)63-44(31)33)46-61-29-40(47)45-8-10-53-12-14-55-16-18-57-20-22-59-24-23-58-21-19-56-17-15-54-13-11-52-9-7-41(48)49/h5-6,25,27,35,39,42H,1,7-24,26,28-29H2,2-4H3,(H,45,47)(H,48,49)/b46-43+/t35-,39-,42+/m1/s1. The quantitative estimate of drug-likeness (QED) is 0.0600. The molecule has 2 aromatic rings. The molecular formula is C44H62N2O17. The van der Waals surface area contributed by atoms with Crippen molar-refractivity contribution in [2.24, 2.45) is 5.16 Å². The summed E-state index contributed by atoms with van der Waals surface area (Å²) in [5, 5.41) is 15.9. The van der Waals surface area contributed by atoms with Crippen molar-refractivity contribution in [2.75, 3.05) is 140 Å². The first-order chi connectivity index (χ1) is 30.8. The van der Waals surface area contributed by atoms with Gasteiger partial charge in [-0.15, -0.1) is 0 Å². The maximum atomic E-state index is 12.7. The lowest BCUT2D eigenvalue weighted by atomic mass is 9.80. The normalized spacial score (nSPS) is 17.6. The molecule has 0 unspecified atom stereocenters. The number of nitrogens with zero attached hydrogens (tertiary/aromatic N) is 1.